The lowest BCUT2D eigenvalue weighted by molar-refractivity contribution is 0.107. The summed E-state index contributed by atoms with van der Waals surface area (Å²) in [5.74, 6) is 0. The van der Waals surface area contributed by atoms with Gasteiger partial charge in [-0.25, -0.2) is 10.9 Å². The summed E-state index contributed by atoms with van der Waals surface area (Å²) in [6, 6.07) is 0. The van der Waals surface area contributed by atoms with Crippen LogP contribution in [0.3, 0.4) is 0 Å². The molecule has 0 aliphatic carbocycles. The normalized spacial score (nSPS) is 11.6. The molecule has 0 atom stereocenters. The van der Waals surface area contributed by atoms with Gasteiger partial charge in [0.25, 0.3) is 0 Å². The molecule has 0 saturated heterocycles. The van der Waals surface area contributed by atoms with Crippen molar-refractivity contribution in [1.29, 1.82) is 0 Å². The summed E-state index contributed by atoms with van der Waals surface area (Å²) in [5, 5.41) is 2.14. The minimum Gasteiger partial charge on any atom is -0.308 e. The fourth-order valence-electron chi connectivity index (χ4n) is 1.19. The van der Waals surface area contributed by atoms with E-state index < -0.39 is 0 Å². The van der Waals surface area contributed by atoms with E-state index in [4.69, 9.17) is 0 Å². The van der Waals surface area contributed by atoms with Gasteiger partial charge in [-0.3, -0.25) is 0 Å². The Morgan fingerprint density at radius 2 is 1.53 bits per heavy atom. The second kappa shape index (κ2) is 10.4. The van der Waals surface area contributed by atoms with E-state index in [-0.39, 0.29) is 0 Å². The maximum atomic E-state index is 3.40. The van der Waals surface area contributed by atoms with Crippen molar-refractivity contribution < 1.29 is 0 Å². The molecular weight excluding hydrogens is 188 g/mol. The summed E-state index contributed by atoms with van der Waals surface area (Å²) >= 11 is 0. The Bertz CT molecular complexity index is 120. The van der Waals surface area contributed by atoms with Crippen molar-refractivity contribution in [2.75, 3.05) is 40.3 Å². The molecule has 4 nitrogen and oxygen atoms in total. The largest absolute Gasteiger partial charge is 0.308 e. The van der Waals surface area contributed by atoms with Crippen molar-refractivity contribution in [2.24, 2.45) is 0 Å². The predicted molar refractivity (Wildman–Crippen MR) is 66.5 cm³/mol. The van der Waals surface area contributed by atoms with E-state index in [9.17, 15) is 0 Å². The van der Waals surface area contributed by atoms with Crippen molar-refractivity contribution in [3.05, 3.63) is 0 Å². The fraction of sp³-hybridized carbons (Fsp3) is 1.00. The number of hydrazine groups is 2. The van der Waals surface area contributed by atoms with E-state index in [2.05, 4.69) is 48.8 Å². The lowest BCUT2D eigenvalue weighted by Gasteiger charge is -2.24. The van der Waals surface area contributed by atoms with Crippen molar-refractivity contribution in [2.45, 2.75) is 33.1 Å². The standard InChI is InChI=1S/C11H28N4/c1-5-7-10-15(12-8-6-2)13-9-11-14(3)4/h12-13H,5-11H2,1-4H3. The van der Waals surface area contributed by atoms with E-state index >= 15 is 0 Å². The highest BCUT2D eigenvalue weighted by molar-refractivity contribution is 4.50. The number of hydrogen-bond donors (Lipinski definition) is 2. The van der Waals surface area contributed by atoms with Gasteiger partial charge in [-0.05, 0) is 26.9 Å². The number of rotatable bonds is 10. The highest BCUT2D eigenvalue weighted by Crippen LogP contribution is 1.89. The zero-order valence-electron chi connectivity index (χ0n) is 10.8. The zero-order chi connectivity index (χ0) is 11.5. The summed E-state index contributed by atoms with van der Waals surface area (Å²) in [7, 11) is 4.19. The van der Waals surface area contributed by atoms with Crippen LogP contribution < -0.4 is 10.9 Å². The van der Waals surface area contributed by atoms with Crippen LogP contribution in [0.5, 0.6) is 0 Å². The molecule has 2 N–H and O–H groups in total. The molecule has 15 heavy (non-hydrogen) atoms. The van der Waals surface area contributed by atoms with Crippen LogP contribution in [0.15, 0.2) is 0 Å². The number of unbranched alkanes of at least 4 members (excludes halogenated alkanes) is 1. The first-order chi connectivity index (χ1) is 7.20. The monoisotopic (exact) mass is 216 g/mol. The smallest absolute Gasteiger partial charge is 0.0288 e. The van der Waals surface area contributed by atoms with Crippen LogP contribution in [0.4, 0.5) is 0 Å². The predicted octanol–water partition coefficient (Wildman–Crippen LogP) is 1.07. The molecular formula is C11H28N4. The van der Waals surface area contributed by atoms with E-state index in [0.717, 1.165) is 32.6 Å². The fourth-order valence-corrected chi connectivity index (χ4v) is 1.19. The highest BCUT2D eigenvalue weighted by atomic mass is 15.7. The third-order valence-corrected chi connectivity index (χ3v) is 2.15. The maximum absolute atomic E-state index is 3.40. The van der Waals surface area contributed by atoms with Gasteiger partial charge in [0.05, 0.1) is 0 Å². The van der Waals surface area contributed by atoms with Gasteiger partial charge in [0.2, 0.25) is 0 Å². The molecule has 0 rings (SSSR count). The van der Waals surface area contributed by atoms with E-state index in [1.54, 1.807) is 0 Å². The van der Waals surface area contributed by atoms with Crippen molar-refractivity contribution in [3.63, 3.8) is 0 Å². The Morgan fingerprint density at radius 3 is 2.07 bits per heavy atom. The van der Waals surface area contributed by atoms with Crippen molar-refractivity contribution in [1.82, 2.24) is 20.9 Å². The topological polar surface area (TPSA) is 30.5 Å². The Morgan fingerprint density at radius 1 is 0.867 bits per heavy atom. The lowest BCUT2D eigenvalue weighted by Crippen LogP contribution is -2.50. The summed E-state index contributed by atoms with van der Waals surface area (Å²) in [4.78, 5) is 2.19. The average molecular weight is 216 g/mol. The molecule has 0 spiro atoms. The Hall–Kier alpha value is -0.160. The summed E-state index contributed by atoms with van der Waals surface area (Å²) in [6.45, 7) is 8.58. The number of nitrogens with one attached hydrogen (secondary N) is 2. The molecule has 0 heterocycles. The maximum Gasteiger partial charge on any atom is 0.0288 e. The Balaban J connectivity index is 3.58. The molecule has 0 aromatic rings. The molecule has 0 aliphatic heterocycles. The average Bonchev–Trinajstić information content (AvgIpc) is 2.20. The second-order valence-corrected chi connectivity index (χ2v) is 4.12. The minimum atomic E-state index is 0.993. The summed E-state index contributed by atoms with van der Waals surface area (Å²) in [6.07, 6.45) is 3.63. The van der Waals surface area contributed by atoms with E-state index in [1.165, 1.54) is 12.8 Å². The molecule has 0 saturated carbocycles. The Labute approximate surface area is 94.9 Å². The van der Waals surface area contributed by atoms with Gasteiger partial charge in [-0.1, -0.05) is 20.3 Å². The van der Waals surface area contributed by atoms with Gasteiger partial charge < -0.3 is 4.90 Å². The molecule has 0 aromatic carbocycles. The molecule has 0 unspecified atom stereocenters. The van der Waals surface area contributed by atoms with Crippen molar-refractivity contribution >= 4 is 0 Å². The van der Waals surface area contributed by atoms with Crippen molar-refractivity contribution in [3.8, 4) is 0 Å². The third-order valence-electron chi connectivity index (χ3n) is 2.15. The van der Waals surface area contributed by atoms with E-state index in [0.29, 0.717) is 0 Å². The minimum absolute atomic E-state index is 0.993. The highest BCUT2D eigenvalue weighted by Gasteiger charge is 2.01. The van der Waals surface area contributed by atoms with Crippen LogP contribution in [0.1, 0.15) is 33.1 Å². The molecule has 92 valence electrons. The first-order valence-corrected chi connectivity index (χ1v) is 6.10. The first kappa shape index (κ1) is 14.8. The quantitative estimate of drug-likeness (QED) is 0.535. The lowest BCUT2D eigenvalue weighted by atomic mass is 10.3. The summed E-state index contributed by atoms with van der Waals surface area (Å²) in [5.41, 5.74) is 6.78. The zero-order valence-corrected chi connectivity index (χ0v) is 10.8. The molecule has 0 radical (unpaired) electrons. The molecule has 4 heteroatoms. The molecule has 0 amide bonds. The number of likely N-dealkylation sites (N-methyl/N-ethyl adjacent to an activating group) is 1. The molecule has 0 aromatic heterocycles. The summed E-state index contributed by atoms with van der Waals surface area (Å²) < 4.78 is 0. The first-order valence-electron chi connectivity index (χ1n) is 6.10. The van der Waals surface area contributed by atoms with Gasteiger partial charge >= 0.3 is 0 Å². The van der Waals surface area contributed by atoms with Crippen LogP contribution >= 0.6 is 0 Å². The van der Waals surface area contributed by atoms with Gasteiger partial charge in [0, 0.05) is 26.2 Å². The van der Waals surface area contributed by atoms with Crippen LogP contribution in [0, 0.1) is 0 Å². The molecule has 0 bridgehead atoms. The van der Waals surface area contributed by atoms with Crippen LogP contribution in [-0.4, -0.2) is 50.3 Å². The van der Waals surface area contributed by atoms with Gasteiger partial charge in [-0.2, -0.15) is 5.12 Å². The van der Waals surface area contributed by atoms with Crippen LogP contribution in [-0.2, 0) is 0 Å². The third kappa shape index (κ3) is 10.1. The van der Waals surface area contributed by atoms with E-state index in [1.807, 2.05) is 0 Å². The number of hydrogen-bond acceptors (Lipinski definition) is 4. The molecule has 0 fully saturated rings. The SMILES string of the molecule is CCCCN(NCCC)NCCN(C)C. The van der Waals surface area contributed by atoms with Crippen LogP contribution in [0.25, 0.3) is 0 Å². The Kier molecular flexibility index (Phi) is 10.3. The number of nitrogens with zero attached hydrogens (tertiary/aromatic N) is 2. The van der Waals surface area contributed by atoms with Gasteiger partial charge in [-0.15, -0.1) is 0 Å². The second-order valence-electron chi connectivity index (χ2n) is 4.12. The van der Waals surface area contributed by atoms with Gasteiger partial charge in [0.15, 0.2) is 0 Å². The van der Waals surface area contributed by atoms with Gasteiger partial charge in [0.1, 0.15) is 0 Å². The van der Waals surface area contributed by atoms with Crippen LogP contribution in [0.2, 0.25) is 0 Å². The molecule has 0 aliphatic rings.